The van der Waals surface area contributed by atoms with Gasteiger partial charge in [-0.1, -0.05) is 18.2 Å². The number of hydrogen-bond acceptors (Lipinski definition) is 5. The van der Waals surface area contributed by atoms with Crippen molar-refractivity contribution in [2.75, 3.05) is 13.2 Å². The molecule has 5 nitrogen and oxygen atoms in total. The Hall–Kier alpha value is -2.73. The predicted molar refractivity (Wildman–Crippen MR) is 98.5 cm³/mol. The second kappa shape index (κ2) is 7.66. The molecule has 1 amide bonds. The third-order valence-corrected chi connectivity index (χ3v) is 5.17. The summed E-state index contributed by atoms with van der Waals surface area (Å²) >= 11 is 1.69. The van der Waals surface area contributed by atoms with Gasteiger partial charge in [0.1, 0.15) is 12.4 Å². The van der Waals surface area contributed by atoms with Crippen molar-refractivity contribution in [2.45, 2.75) is 19.1 Å². The highest BCUT2D eigenvalue weighted by molar-refractivity contribution is 7.09. The summed E-state index contributed by atoms with van der Waals surface area (Å²) in [4.78, 5) is 16.1. The highest BCUT2D eigenvalue weighted by Gasteiger charge is 2.31. The fourth-order valence-corrected chi connectivity index (χ4v) is 3.60. The molecule has 0 aliphatic carbocycles. The van der Waals surface area contributed by atoms with Gasteiger partial charge in [0.25, 0.3) is 5.91 Å². The number of nitrogens with zero attached hydrogens (tertiary/aromatic N) is 1. The van der Waals surface area contributed by atoms with Gasteiger partial charge in [-0.2, -0.15) is 0 Å². The molecule has 1 aromatic carbocycles. The first-order valence-corrected chi connectivity index (χ1v) is 9.39. The summed E-state index contributed by atoms with van der Waals surface area (Å²) < 4.78 is 17.0. The molecule has 0 bridgehead atoms. The third-order valence-electron chi connectivity index (χ3n) is 4.23. The molecule has 1 aliphatic rings. The first kappa shape index (κ1) is 16.7. The summed E-state index contributed by atoms with van der Waals surface area (Å²) in [6.07, 6.45) is 1.77. The van der Waals surface area contributed by atoms with Crippen molar-refractivity contribution < 1.29 is 18.7 Å². The lowest BCUT2D eigenvalue weighted by atomic mass is 10.2. The van der Waals surface area contributed by atoms with E-state index in [1.165, 1.54) is 4.88 Å². The van der Waals surface area contributed by atoms with E-state index in [1.54, 1.807) is 22.5 Å². The zero-order valence-electron chi connectivity index (χ0n) is 14.2. The van der Waals surface area contributed by atoms with Crippen molar-refractivity contribution >= 4 is 17.2 Å². The van der Waals surface area contributed by atoms with Gasteiger partial charge < -0.3 is 18.8 Å². The number of amides is 1. The quantitative estimate of drug-likeness (QED) is 0.664. The topological polar surface area (TPSA) is 51.9 Å². The van der Waals surface area contributed by atoms with E-state index in [1.807, 2.05) is 47.8 Å². The Labute approximate surface area is 155 Å². The number of benzene rings is 1. The number of para-hydroxylation sites is 2. The number of furan rings is 1. The van der Waals surface area contributed by atoms with Crippen LogP contribution in [0.2, 0.25) is 0 Å². The number of thiophene rings is 1. The summed E-state index contributed by atoms with van der Waals surface area (Å²) in [6.45, 7) is 1.23. The molecule has 6 heteroatoms. The molecule has 3 aromatic rings. The molecule has 1 atom stereocenters. The normalized spacial score (nSPS) is 15.6. The molecular formula is C20H19NO4S. The molecular weight excluding hydrogens is 350 g/mol. The average molecular weight is 369 g/mol. The molecule has 3 heterocycles. The maximum Gasteiger partial charge on any atom is 0.267 e. The molecule has 26 heavy (non-hydrogen) atoms. The fourth-order valence-electron chi connectivity index (χ4n) is 2.90. The van der Waals surface area contributed by atoms with Crippen LogP contribution in [-0.4, -0.2) is 30.1 Å². The van der Waals surface area contributed by atoms with E-state index in [4.69, 9.17) is 13.9 Å². The van der Waals surface area contributed by atoms with Crippen LogP contribution < -0.4 is 9.47 Å². The minimum atomic E-state index is -0.650. The molecule has 0 spiro atoms. The van der Waals surface area contributed by atoms with Gasteiger partial charge in [0.2, 0.25) is 6.10 Å². The molecule has 2 aromatic heterocycles. The fraction of sp³-hybridized carbons (Fsp3) is 0.250. The van der Waals surface area contributed by atoms with Crippen molar-refractivity contribution in [3.63, 3.8) is 0 Å². The number of rotatable bonds is 6. The molecule has 0 N–H and O–H groups in total. The van der Waals surface area contributed by atoms with Crippen LogP contribution in [-0.2, 0) is 17.8 Å². The van der Waals surface area contributed by atoms with E-state index >= 15 is 0 Å². The molecule has 0 fully saturated rings. The van der Waals surface area contributed by atoms with Crippen LogP contribution in [0.4, 0.5) is 0 Å². The summed E-state index contributed by atoms with van der Waals surface area (Å²) in [5, 5.41) is 2.04. The number of ether oxygens (including phenoxy) is 2. The Balaban J connectivity index is 1.48. The molecule has 134 valence electrons. The van der Waals surface area contributed by atoms with Crippen molar-refractivity contribution in [1.82, 2.24) is 4.90 Å². The van der Waals surface area contributed by atoms with Crippen LogP contribution in [0.5, 0.6) is 11.5 Å². The van der Waals surface area contributed by atoms with E-state index < -0.39 is 6.10 Å². The number of hydrogen-bond donors (Lipinski definition) is 0. The minimum absolute atomic E-state index is 0.0903. The van der Waals surface area contributed by atoms with E-state index in [0.717, 1.165) is 12.2 Å². The molecule has 1 aliphatic heterocycles. The van der Waals surface area contributed by atoms with Crippen LogP contribution in [0.25, 0.3) is 0 Å². The van der Waals surface area contributed by atoms with Crippen LogP contribution in [0.15, 0.2) is 64.6 Å². The van der Waals surface area contributed by atoms with Gasteiger partial charge in [0.05, 0.1) is 12.8 Å². The highest BCUT2D eigenvalue weighted by Crippen LogP contribution is 2.31. The number of fused-ring (bicyclic) bond motifs is 1. The van der Waals surface area contributed by atoms with Gasteiger partial charge in [-0.25, -0.2) is 0 Å². The van der Waals surface area contributed by atoms with E-state index in [0.29, 0.717) is 24.6 Å². The maximum absolute atomic E-state index is 13.1. The maximum atomic E-state index is 13.1. The Bertz CT molecular complexity index is 845. The zero-order chi connectivity index (χ0) is 17.8. The van der Waals surface area contributed by atoms with Gasteiger partial charge in [-0.3, -0.25) is 4.79 Å². The number of carbonyl (C=O) groups is 1. The van der Waals surface area contributed by atoms with E-state index in [9.17, 15) is 4.79 Å². The SMILES string of the molecule is O=C(C1COc2ccccc2O1)N(CCc1cccs1)Cc1ccco1. The summed E-state index contributed by atoms with van der Waals surface area (Å²) in [5.74, 6) is 1.94. The molecule has 0 saturated heterocycles. The van der Waals surface area contributed by atoms with Crippen LogP contribution in [0.3, 0.4) is 0 Å². The second-order valence-corrected chi connectivity index (χ2v) is 7.06. The second-order valence-electron chi connectivity index (χ2n) is 6.03. The Morgan fingerprint density at radius 2 is 2.00 bits per heavy atom. The predicted octanol–water partition coefficient (Wildman–Crippen LogP) is 3.75. The van der Waals surface area contributed by atoms with Gasteiger partial charge >= 0.3 is 0 Å². The highest BCUT2D eigenvalue weighted by atomic mass is 32.1. The van der Waals surface area contributed by atoms with Crippen molar-refractivity contribution in [3.05, 3.63) is 70.8 Å². The van der Waals surface area contributed by atoms with E-state index in [2.05, 4.69) is 6.07 Å². The van der Waals surface area contributed by atoms with E-state index in [-0.39, 0.29) is 12.5 Å². The monoisotopic (exact) mass is 369 g/mol. The van der Waals surface area contributed by atoms with Crippen LogP contribution in [0.1, 0.15) is 10.6 Å². The lowest BCUT2D eigenvalue weighted by Crippen LogP contribution is -2.46. The summed E-state index contributed by atoms with van der Waals surface area (Å²) in [6, 6.07) is 15.2. The van der Waals surface area contributed by atoms with Crippen molar-refractivity contribution in [1.29, 1.82) is 0 Å². The zero-order valence-corrected chi connectivity index (χ0v) is 15.0. The largest absolute Gasteiger partial charge is 0.485 e. The smallest absolute Gasteiger partial charge is 0.267 e. The average Bonchev–Trinajstić information content (AvgIpc) is 3.38. The molecule has 1 unspecified atom stereocenters. The molecule has 0 saturated carbocycles. The third kappa shape index (κ3) is 3.75. The van der Waals surface area contributed by atoms with Crippen molar-refractivity contribution in [3.8, 4) is 11.5 Å². The first-order chi connectivity index (χ1) is 12.8. The van der Waals surface area contributed by atoms with Gasteiger partial charge in [-0.05, 0) is 42.1 Å². The van der Waals surface area contributed by atoms with Crippen LogP contribution >= 0.6 is 11.3 Å². The lowest BCUT2D eigenvalue weighted by molar-refractivity contribution is -0.142. The lowest BCUT2D eigenvalue weighted by Gasteiger charge is -2.30. The first-order valence-electron chi connectivity index (χ1n) is 8.51. The Kier molecular flexibility index (Phi) is 4.93. The molecule has 0 radical (unpaired) electrons. The van der Waals surface area contributed by atoms with Gasteiger partial charge in [0.15, 0.2) is 11.5 Å². The number of carbonyl (C=O) groups excluding carboxylic acids is 1. The van der Waals surface area contributed by atoms with Crippen LogP contribution in [0, 0.1) is 0 Å². The Morgan fingerprint density at radius 1 is 1.12 bits per heavy atom. The van der Waals surface area contributed by atoms with Gasteiger partial charge in [0, 0.05) is 11.4 Å². The van der Waals surface area contributed by atoms with Crippen molar-refractivity contribution in [2.24, 2.45) is 0 Å². The summed E-state index contributed by atoms with van der Waals surface area (Å²) in [5.41, 5.74) is 0. The Morgan fingerprint density at radius 3 is 2.77 bits per heavy atom. The standard InChI is InChI=1S/C20H19NO4S/c22-20(19-14-24-17-7-1-2-8-18(17)25-19)21(13-15-5-3-11-23-15)10-9-16-6-4-12-26-16/h1-8,11-12,19H,9-10,13-14H2. The minimum Gasteiger partial charge on any atom is -0.485 e. The van der Waals surface area contributed by atoms with Gasteiger partial charge in [-0.15, -0.1) is 11.3 Å². The molecule has 4 rings (SSSR count). The summed E-state index contributed by atoms with van der Waals surface area (Å²) in [7, 11) is 0.